The summed E-state index contributed by atoms with van der Waals surface area (Å²) in [6.45, 7) is 20.4. The van der Waals surface area contributed by atoms with Gasteiger partial charge in [-0.15, -0.1) is 0 Å². The van der Waals surface area contributed by atoms with E-state index in [1.54, 1.807) is 0 Å². The molecule has 0 radical (unpaired) electrons. The second-order valence-corrected chi connectivity index (χ2v) is 16.5. The first-order valence-electron chi connectivity index (χ1n) is 17.9. The molecule has 6 aromatic rings. The van der Waals surface area contributed by atoms with Crippen molar-refractivity contribution >= 4 is 34.1 Å². The summed E-state index contributed by atoms with van der Waals surface area (Å²) >= 11 is 0. The SMILES string of the molecule is CC(C)(C)c1ccc(N(c2ccccc2)c2ccc(-c3ccc(N(c4ccc(C(C)(C)C)cc4)c4ccc(C(C)(C)C)cc4)cc3)cc2)cc1. The van der Waals surface area contributed by atoms with E-state index in [4.69, 9.17) is 0 Å². The minimum atomic E-state index is 0.101. The molecule has 6 rings (SSSR count). The van der Waals surface area contributed by atoms with E-state index in [9.17, 15) is 0 Å². The Morgan fingerprint density at radius 1 is 0.260 bits per heavy atom. The molecule has 0 aliphatic heterocycles. The smallest absolute Gasteiger partial charge is 0.0462 e. The van der Waals surface area contributed by atoms with Crippen LogP contribution in [0.4, 0.5) is 34.1 Å². The monoisotopic (exact) mass is 656 g/mol. The first-order chi connectivity index (χ1) is 23.7. The zero-order chi connectivity index (χ0) is 35.7. The van der Waals surface area contributed by atoms with Gasteiger partial charge in [-0.05, 0) is 117 Å². The van der Waals surface area contributed by atoms with Gasteiger partial charge in [0.1, 0.15) is 0 Å². The van der Waals surface area contributed by atoms with Crippen LogP contribution in [0.1, 0.15) is 79.0 Å². The van der Waals surface area contributed by atoms with Gasteiger partial charge in [0.25, 0.3) is 0 Å². The standard InChI is InChI=1S/C48H52N2/c1-46(2,3)37-19-29-43(30-20-37)49(40-13-11-10-12-14-40)41-25-15-35(16-26-41)36-17-27-42(28-18-36)50(44-31-21-38(22-32-44)47(4,5)6)45-33-23-39(24-34-45)48(7,8)9/h10-34H,1-9H3. The van der Waals surface area contributed by atoms with Gasteiger partial charge in [-0.25, -0.2) is 0 Å². The number of nitrogens with zero attached hydrogens (tertiary/aromatic N) is 2. The summed E-state index contributed by atoms with van der Waals surface area (Å²) < 4.78 is 0. The van der Waals surface area contributed by atoms with E-state index < -0.39 is 0 Å². The van der Waals surface area contributed by atoms with Crippen molar-refractivity contribution in [1.29, 1.82) is 0 Å². The molecule has 0 fully saturated rings. The molecule has 0 aromatic heterocycles. The summed E-state index contributed by atoms with van der Waals surface area (Å²) in [5.74, 6) is 0. The minimum Gasteiger partial charge on any atom is -0.311 e. The van der Waals surface area contributed by atoms with Gasteiger partial charge in [0, 0.05) is 34.1 Å². The Kier molecular flexibility index (Phi) is 9.51. The lowest BCUT2D eigenvalue weighted by Gasteiger charge is -2.28. The van der Waals surface area contributed by atoms with Crippen LogP contribution in [-0.2, 0) is 16.2 Å². The lowest BCUT2D eigenvalue weighted by molar-refractivity contribution is 0.590. The molecule has 6 aromatic carbocycles. The molecule has 2 nitrogen and oxygen atoms in total. The number of rotatable bonds is 7. The molecule has 0 heterocycles. The zero-order valence-corrected chi connectivity index (χ0v) is 31.3. The maximum Gasteiger partial charge on any atom is 0.0462 e. The third kappa shape index (κ3) is 7.71. The molecule has 0 aliphatic rings. The van der Waals surface area contributed by atoms with E-state index in [1.165, 1.54) is 27.8 Å². The first kappa shape index (κ1) is 34.8. The van der Waals surface area contributed by atoms with Crippen molar-refractivity contribution in [1.82, 2.24) is 0 Å². The highest BCUT2D eigenvalue weighted by Gasteiger charge is 2.20. The molecule has 0 spiro atoms. The lowest BCUT2D eigenvalue weighted by atomic mass is 9.86. The average Bonchev–Trinajstić information content (AvgIpc) is 3.09. The van der Waals surface area contributed by atoms with Crippen LogP contribution in [0.2, 0.25) is 0 Å². The number of para-hydroxylation sites is 1. The topological polar surface area (TPSA) is 6.48 Å². The normalized spacial score (nSPS) is 12.1. The number of benzene rings is 6. The van der Waals surface area contributed by atoms with Crippen molar-refractivity contribution in [2.24, 2.45) is 0 Å². The summed E-state index contributed by atoms with van der Waals surface area (Å²) in [5, 5.41) is 0. The molecule has 2 heteroatoms. The van der Waals surface area contributed by atoms with E-state index >= 15 is 0 Å². The predicted molar refractivity (Wildman–Crippen MR) is 217 cm³/mol. The third-order valence-corrected chi connectivity index (χ3v) is 9.57. The molecule has 0 unspecified atom stereocenters. The second kappa shape index (κ2) is 13.7. The van der Waals surface area contributed by atoms with Crippen molar-refractivity contribution in [2.45, 2.75) is 78.6 Å². The zero-order valence-electron chi connectivity index (χ0n) is 31.3. The van der Waals surface area contributed by atoms with Gasteiger partial charge in [0.2, 0.25) is 0 Å². The Morgan fingerprint density at radius 3 is 0.720 bits per heavy atom. The van der Waals surface area contributed by atoms with Crippen LogP contribution in [0, 0.1) is 0 Å². The van der Waals surface area contributed by atoms with Crippen LogP contribution >= 0.6 is 0 Å². The Morgan fingerprint density at radius 2 is 0.480 bits per heavy atom. The van der Waals surface area contributed by atoms with Crippen molar-refractivity contribution in [3.63, 3.8) is 0 Å². The van der Waals surface area contributed by atoms with Gasteiger partial charge in [-0.3, -0.25) is 0 Å². The Bertz CT molecular complexity index is 1930. The van der Waals surface area contributed by atoms with E-state index in [2.05, 4.69) is 224 Å². The minimum absolute atomic E-state index is 0.101. The summed E-state index contributed by atoms with van der Waals surface area (Å²) in [7, 11) is 0. The van der Waals surface area contributed by atoms with Gasteiger partial charge in [0.15, 0.2) is 0 Å². The Hall–Kier alpha value is -5.08. The number of anilines is 6. The predicted octanol–water partition coefficient (Wildman–Crippen LogP) is 14.2. The summed E-state index contributed by atoms with van der Waals surface area (Å²) in [6, 6.07) is 55.5. The lowest BCUT2D eigenvalue weighted by Crippen LogP contribution is -2.14. The molecule has 0 N–H and O–H groups in total. The van der Waals surface area contributed by atoms with Crippen molar-refractivity contribution in [3.05, 3.63) is 168 Å². The average molecular weight is 657 g/mol. The second-order valence-electron chi connectivity index (χ2n) is 16.5. The van der Waals surface area contributed by atoms with Gasteiger partial charge in [-0.1, -0.05) is 141 Å². The molecule has 0 atom stereocenters. The number of hydrogen-bond acceptors (Lipinski definition) is 2. The summed E-state index contributed by atoms with van der Waals surface area (Å²) in [6.07, 6.45) is 0. The maximum absolute atomic E-state index is 2.36. The summed E-state index contributed by atoms with van der Waals surface area (Å²) in [5.41, 5.74) is 13.5. The number of hydrogen-bond donors (Lipinski definition) is 0. The molecular weight excluding hydrogens is 605 g/mol. The van der Waals surface area contributed by atoms with Crippen LogP contribution < -0.4 is 9.80 Å². The van der Waals surface area contributed by atoms with E-state index in [0.717, 1.165) is 34.1 Å². The highest BCUT2D eigenvalue weighted by Crippen LogP contribution is 2.39. The quantitative estimate of drug-likeness (QED) is 0.169. The van der Waals surface area contributed by atoms with Gasteiger partial charge >= 0.3 is 0 Å². The van der Waals surface area contributed by atoms with Crippen LogP contribution in [0.5, 0.6) is 0 Å². The highest BCUT2D eigenvalue weighted by molar-refractivity contribution is 5.81. The first-order valence-corrected chi connectivity index (χ1v) is 17.9. The molecule has 50 heavy (non-hydrogen) atoms. The fraction of sp³-hybridized carbons (Fsp3) is 0.250. The van der Waals surface area contributed by atoms with E-state index in [1.807, 2.05) is 0 Å². The van der Waals surface area contributed by atoms with Crippen molar-refractivity contribution in [2.75, 3.05) is 9.80 Å². The van der Waals surface area contributed by atoms with Gasteiger partial charge in [0.05, 0.1) is 0 Å². The molecule has 0 aliphatic carbocycles. The molecule has 254 valence electrons. The van der Waals surface area contributed by atoms with Crippen LogP contribution in [-0.4, -0.2) is 0 Å². The third-order valence-electron chi connectivity index (χ3n) is 9.57. The van der Waals surface area contributed by atoms with Crippen LogP contribution in [0.3, 0.4) is 0 Å². The van der Waals surface area contributed by atoms with E-state index in [-0.39, 0.29) is 16.2 Å². The molecule has 0 bridgehead atoms. The van der Waals surface area contributed by atoms with Crippen molar-refractivity contribution < 1.29 is 0 Å². The van der Waals surface area contributed by atoms with Gasteiger partial charge in [-0.2, -0.15) is 0 Å². The molecule has 0 saturated carbocycles. The highest BCUT2D eigenvalue weighted by atomic mass is 15.1. The Labute approximate surface area is 301 Å². The molecule has 0 saturated heterocycles. The molecular formula is C48H52N2. The largest absolute Gasteiger partial charge is 0.311 e. The van der Waals surface area contributed by atoms with Crippen LogP contribution in [0.25, 0.3) is 11.1 Å². The summed E-state index contributed by atoms with van der Waals surface area (Å²) in [4.78, 5) is 4.68. The molecule has 0 amide bonds. The van der Waals surface area contributed by atoms with Crippen LogP contribution in [0.15, 0.2) is 152 Å². The fourth-order valence-electron chi connectivity index (χ4n) is 6.41. The van der Waals surface area contributed by atoms with Gasteiger partial charge < -0.3 is 9.80 Å². The van der Waals surface area contributed by atoms with Crippen molar-refractivity contribution in [3.8, 4) is 11.1 Å². The maximum atomic E-state index is 2.36. The Balaban J connectivity index is 1.32. The van der Waals surface area contributed by atoms with E-state index in [0.29, 0.717) is 0 Å². The fourth-order valence-corrected chi connectivity index (χ4v) is 6.41.